The molecule has 0 radical (unpaired) electrons. The molecule has 5 nitrogen and oxygen atoms in total. The van der Waals surface area contributed by atoms with Gasteiger partial charge in [0.05, 0.1) is 4.90 Å². The fourth-order valence-electron chi connectivity index (χ4n) is 1.63. The van der Waals surface area contributed by atoms with Gasteiger partial charge in [0.1, 0.15) is 0 Å². The molecule has 0 spiro atoms. The molecule has 0 aliphatic carbocycles. The molecule has 0 saturated carbocycles. The highest BCUT2D eigenvalue weighted by molar-refractivity contribution is 7.90. The van der Waals surface area contributed by atoms with Gasteiger partial charge in [0.25, 0.3) is 15.9 Å². The Morgan fingerprint density at radius 1 is 1.00 bits per heavy atom. The Bertz CT molecular complexity index is 695. The van der Waals surface area contributed by atoms with Crippen LogP contribution in [0, 0.1) is 0 Å². The van der Waals surface area contributed by atoms with Crippen molar-refractivity contribution in [3.63, 3.8) is 0 Å². The fourth-order valence-corrected chi connectivity index (χ4v) is 2.61. The maximum Gasteiger partial charge on any atom is 0.264 e. The highest BCUT2D eigenvalue weighted by Crippen LogP contribution is 2.11. The molecule has 20 heavy (non-hydrogen) atoms. The van der Waals surface area contributed by atoms with Crippen LogP contribution < -0.4 is 10.5 Å². The standard InChI is InChI=1S/C14H14N2O3S/c15-10-11-6-8-13(9-7-11)20(18,19)16-14(17)12-4-2-1-3-5-12/h1-9H,10,15H2,(H,16,17). The molecule has 0 atom stereocenters. The van der Waals surface area contributed by atoms with Crippen LogP contribution in [0.3, 0.4) is 0 Å². The molecule has 0 aliphatic heterocycles. The maximum atomic E-state index is 12.1. The van der Waals surface area contributed by atoms with Crippen molar-refractivity contribution in [1.29, 1.82) is 0 Å². The normalized spacial score (nSPS) is 11.1. The van der Waals surface area contributed by atoms with Crippen LogP contribution in [-0.2, 0) is 16.6 Å². The first kappa shape index (κ1) is 14.2. The summed E-state index contributed by atoms with van der Waals surface area (Å²) >= 11 is 0. The number of amides is 1. The summed E-state index contributed by atoms with van der Waals surface area (Å²) in [5.74, 6) is -0.659. The van der Waals surface area contributed by atoms with Gasteiger partial charge in [-0.3, -0.25) is 4.79 Å². The molecule has 0 unspecified atom stereocenters. The smallest absolute Gasteiger partial charge is 0.264 e. The SMILES string of the molecule is NCc1ccc(S(=O)(=O)NC(=O)c2ccccc2)cc1. The molecule has 0 heterocycles. The second kappa shape index (κ2) is 5.85. The fraction of sp³-hybridized carbons (Fsp3) is 0.0714. The number of sulfonamides is 1. The van der Waals surface area contributed by atoms with Gasteiger partial charge in [-0.2, -0.15) is 0 Å². The van der Waals surface area contributed by atoms with Crippen LogP contribution in [0.1, 0.15) is 15.9 Å². The number of nitrogens with one attached hydrogen (secondary N) is 1. The number of hydrogen-bond donors (Lipinski definition) is 2. The van der Waals surface area contributed by atoms with Crippen LogP contribution in [0.4, 0.5) is 0 Å². The van der Waals surface area contributed by atoms with E-state index in [0.717, 1.165) is 5.56 Å². The van der Waals surface area contributed by atoms with Crippen molar-refractivity contribution in [3.05, 3.63) is 65.7 Å². The summed E-state index contributed by atoms with van der Waals surface area (Å²) in [5.41, 5.74) is 6.55. The lowest BCUT2D eigenvalue weighted by Crippen LogP contribution is -2.30. The quantitative estimate of drug-likeness (QED) is 0.887. The third-order valence-electron chi connectivity index (χ3n) is 2.73. The molecule has 0 aliphatic rings. The molecule has 0 aromatic heterocycles. The first-order chi connectivity index (χ1) is 9.53. The van der Waals surface area contributed by atoms with E-state index in [1.165, 1.54) is 12.1 Å². The molecular formula is C14H14N2O3S. The van der Waals surface area contributed by atoms with E-state index in [1.807, 2.05) is 4.72 Å². The summed E-state index contributed by atoms with van der Waals surface area (Å²) in [6, 6.07) is 14.2. The molecule has 2 rings (SSSR count). The lowest BCUT2D eigenvalue weighted by Gasteiger charge is -2.07. The highest BCUT2D eigenvalue weighted by Gasteiger charge is 2.18. The largest absolute Gasteiger partial charge is 0.326 e. The average Bonchev–Trinajstić information content (AvgIpc) is 2.48. The number of benzene rings is 2. The summed E-state index contributed by atoms with van der Waals surface area (Å²) in [6.45, 7) is 0.330. The van der Waals surface area contributed by atoms with Crippen molar-refractivity contribution >= 4 is 15.9 Å². The van der Waals surface area contributed by atoms with Crippen LogP contribution >= 0.6 is 0 Å². The molecule has 2 aromatic carbocycles. The lowest BCUT2D eigenvalue weighted by molar-refractivity contribution is 0.0981. The molecule has 0 fully saturated rings. The summed E-state index contributed by atoms with van der Waals surface area (Å²) in [5, 5.41) is 0. The zero-order valence-corrected chi connectivity index (χ0v) is 11.4. The van der Waals surface area contributed by atoms with E-state index < -0.39 is 15.9 Å². The minimum absolute atomic E-state index is 0.0268. The van der Waals surface area contributed by atoms with Crippen molar-refractivity contribution < 1.29 is 13.2 Å². The van der Waals surface area contributed by atoms with E-state index in [1.54, 1.807) is 42.5 Å². The Hall–Kier alpha value is -2.18. The first-order valence-electron chi connectivity index (χ1n) is 5.94. The Morgan fingerprint density at radius 3 is 2.15 bits per heavy atom. The van der Waals surface area contributed by atoms with Crippen LogP contribution in [0.15, 0.2) is 59.5 Å². The summed E-state index contributed by atoms with van der Waals surface area (Å²) in [6.07, 6.45) is 0. The minimum atomic E-state index is -3.87. The van der Waals surface area contributed by atoms with Crippen molar-refractivity contribution in [2.75, 3.05) is 0 Å². The Labute approximate surface area is 117 Å². The predicted octanol–water partition coefficient (Wildman–Crippen LogP) is 1.26. The minimum Gasteiger partial charge on any atom is -0.326 e. The summed E-state index contributed by atoms with van der Waals surface area (Å²) < 4.78 is 26.1. The molecule has 104 valence electrons. The maximum absolute atomic E-state index is 12.1. The van der Waals surface area contributed by atoms with Gasteiger partial charge in [0.15, 0.2) is 0 Å². The number of carbonyl (C=O) groups excluding carboxylic acids is 1. The Kier molecular flexibility index (Phi) is 4.16. The summed E-state index contributed by atoms with van der Waals surface area (Å²) in [4.78, 5) is 11.9. The van der Waals surface area contributed by atoms with Crippen LogP contribution in [0.25, 0.3) is 0 Å². The third-order valence-corrected chi connectivity index (χ3v) is 4.08. The van der Waals surface area contributed by atoms with Gasteiger partial charge in [0, 0.05) is 12.1 Å². The molecule has 3 N–H and O–H groups in total. The number of rotatable bonds is 4. The lowest BCUT2D eigenvalue weighted by atomic mass is 10.2. The first-order valence-corrected chi connectivity index (χ1v) is 7.42. The van der Waals surface area contributed by atoms with Gasteiger partial charge in [-0.05, 0) is 29.8 Å². The highest BCUT2D eigenvalue weighted by atomic mass is 32.2. The Balaban J connectivity index is 2.20. The number of carbonyl (C=O) groups is 1. The zero-order valence-electron chi connectivity index (χ0n) is 10.6. The van der Waals surface area contributed by atoms with Gasteiger partial charge in [-0.15, -0.1) is 0 Å². The van der Waals surface area contributed by atoms with Crippen LogP contribution in [-0.4, -0.2) is 14.3 Å². The van der Waals surface area contributed by atoms with Crippen molar-refractivity contribution in [2.45, 2.75) is 11.4 Å². The molecule has 6 heteroatoms. The van der Waals surface area contributed by atoms with Crippen molar-refractivity contribution in [3.8, 4) is 0 Å². The zero-order chi connectivity index (χ0) is 14.6. The van der Waals surface area contributed by atoms with Crippen molar-refractivity contribution in [2.24, 2.45) is 5.73 Å². The number of hydrogen-bond acceptors (Lipinski definition) is 4. The topological polar surface area (TPSA) is 89.3 Å². The second-order valence-corrected chi connectivity index (χ2v) is 5.83. The molecular weight excluding hydrogens is 276 g/mol. The van der Waals surface area contributed by atoms with E-state index in [0.29, 0.717) is 6.54 Å². The van der Waals surface area contributed by atoms with E-state index in [2.05, 4.69) is 0 Å². The van der Waals surface area contributed by atoms with E-state index in [9.17, 15) is 13.2 Å². The van der Waals surface area contributed by atoms with Gasteiger partial charge >= 0.3 is 0 Å². The van der Waals surface area contributed by atoms with Gasteiger partial charge < -0.3 is 5.73 Å². The molecule has 0 bridgehead atoms. The molecule has 0 saturated heterocycles. The van der Waals surface area contributed by atoms with Gasteiger partial charge in [-0.1, -0.05) is 30.3 Å². The van der Waals surface area contributed by atoms with E-state index in [-0.39, 0.29) is 10.5 Å². The number of nitrogens with two attached hydrogens (primary N) is 1. The van der Waals surface area contributed by atoms with Crippen LogP contribution in [0.2, 0.25) is 0 Å². The van der Waals surface area contributed by atoms with Gasteiger partial charge in [0.2, 0.25) is 0 Å². The summed E-state index contributed by atoms with van der Waals surface area (Å²) in [7, 11) is -3.87. The van der Waals surface area contributed by atoms with E-state index >= 15 is 0 Å². The molecule has 2 aromatic rings. The molecule has 1 amide bonds. The van der Waals surface area contributed by atoms with E-state index in [4.69, 9.17) is 5.73 Å². The average molecular weight is 290 g/mol. The second-order valence-electron chi connectivity index (χ2n) is 4.15. The van der Waals surface area contributed by atoms with Crippen LogP contribution in [0.5, 0.6) is 0 Å². The van der Waals surface area contributed by atoms with Gasteiger partial charge in [-0.25, -0.2) is 13.1 Å². The monoisotopic (exact) mass is 290 g/mol. The predicted molar refractivity (Wildman–Crippen MR) is 75.4 cm³/mol. The Morgan fingerprint density at radius 2 is 1.60 bits per heavy atom. The van der Waals surface area contributed by atoms with Crippen molar-refractivity contribution in [1.82, 2.24) is 4.72 Å². The third kappa shape index (κ3) is 3.23.